The van der Waals surface area contributed by atoms with Crippen molar-refractivity contribution in [1.82, 2.24) is 4.90 Å². The van der Waals surface area contributed by atoms with Crippen LogP contribution in [-0.4, -0.2) is 50.0 Å². The number of carbonyl (C=O) groups is 2. The van der Waals surface area contributed by atoms with Crippen molar-refractivity contribution in [3.8, 4) is 5.75 Å². The van der Waals surface area contributed by atoms with Gasteiger partial charge in [0.15, 0.2) is 0 Å². The molecule has 1 aliphatic rings. The fourth-order valence-corrected chi connectivity index (χ4v) is 3.28. The van der Waals surface area contributed by atoms with Gasteiger partial charge < -0.3 is 19.9 Å². The molecule has 1 heterocycles. The van der Waals surface area contributed by atoms with Gasteiger partial charge in [-0.05, 0) is 36.8 Å². The van der Waals surface area contributed by atoms with Crippen LogP contribution in [0.1, 0.15) is 5.56 Å². The van der Waals surface area contributed by atoms with Crippen molar-refractivity contribution in [1.29, 1.82) is 0 Å². The summed E-state index contributed by atoms with van der Waals surface area (Å²) in [4.78, 5) is 28.6. The Kier molecular flexibility index (Phi) is 5.86. The molecule has 0 radical (unpaired) electrons. The summed E-state index contributed by atoms with van der Waals surface area (Å²) in [6.45, 7) is 4.01. The van der Waals surface area contributed by atoms with Crippen molar-refractivity contribution >= 4 is 34.8 Å². The largest absolute Gasteiger partial charge is 0.495 e. The smallest absolute Gasteiger partial charge is 0.313 e. The quantitative estimate of drug-likeness (QED) is 0.822. The average Bonchev–Trinajstić information content (AvgIpc) is 2.71. The molecule has 1 N–H and O–H groups in total. The maximum atomic E-state index is 12.5. The fraction of sp³-hybridized carbons (Fsp3) is 0.300. The lowest BCUT2D eigenvalue weighted by Gasteiger charge is -2.36. The van der Waals surface area contributed by atoms with Gasteiger partial charge in [-0.1, -0.05) is 29.8 Å². The second-order valence-corrected chi connectivity index (χ2v) is 6.72. The van der Waals surface area contributed by atoms with E-state index in [1.54, 1.807) is 37.1 Å². The van der Waals surface area contributed by atoms with E-state index in [4.69, 9.17) is 16.3 Å². The van der Waals surface area contributed by atoms with Crippen LogP contribution in [0.25, 0.3) is 0 Å². The van der Waals surface area contributed by atoms with E-state index in [0.29, 0.717) is 36.9 Å². The molecule has 0 aliphatic carbocycles. The first-order chi connectivity index (χ1) is 13.0. The number of nitrogens with one attached hydrogen (secondary N) is 1. The molecule has 1 fully saturated rings. The Morgan fingerprint density at radius 2 is 1.74 bits per heavy atom. The Balaban J connectivity index is 1.61. The Morgan fingerprint density at radius 3 is 2.44 bits per heavy atom. The van der Waals surface area contributed by atoms with Crippen LogP contribution < -0.4 is 15.0 Å². The van der Waals surface area contributed by atoms with E-state index < -0.39 is 11.8 Å². The number of ether oxygens (including phenoxy) is 1. The monoisotopic (exact) mass is 387 g/mol. The minimum atomic E-state index is -0.647. The molecule has 142 valence electrons. The lowest BCUT2D eigenvalue weighted by molar-refractivity contribution is -0.143. The zero-order chi connectivity index (χ0) is 19.4. The zero-order valence-corrected chi connectivity index (χ0v) is 16.1. The number of hydrogen-bond acceptors (Lipinski definition) is 4. The van der Waals surface area contributed by atoms with Gasteiger partial charge in [0.05, 0.1) is 12.8 Å². The third-order valence-corrected chi connectivity index (χ3v) is 5.11. The molecule has 2 amide bonds. The summed E-state index contributed by atoms with van der Waals surface area (Å²) < 4.78 is 5.40. The fourth-order valence-electron chi connectivity index (χ4n) is 3.10. The molecule has 0 spiro atoms. The molecule has 0 bridgehead atoms. The first-order valence-corrected chi connectivity index (χ1v) is 9.12. The van der Waals surface area contributed by atoms with Crippen LogP contribution in [0.15, 0.2) is 42.5 Å². The predicted octanol–water partition coefficient (Wildman–Crippen LogP) is 2.94. The molecule has 0 unspecified atom stereocenters. The van der Waals surface area contributed by atoms with Crippen LogP contribution in [-0.2, 0) is 9.59 Å². The van der Waals surface area contributed by atoms with Crippen LogP contribution in [0.5, 0.6) is 5.75 Å². The number of benzene rings is 2. The SMILES string of the molecule is COc1ccccc1N1CCN(C(=O)C(=O)Nc2cccc(Cl)c2C)CC1. The highest BCUT2D eigenvalue weighted by molar-refractivity contribution is 6.40. The highest BCUT2D eigenvalue weighted by Crippen LogP contribution is 2.28. The lowest BCUT2D eigenvalue weighted by Crippen LogP contribution is -2.51. The molecule has 0 atom stereocenters. The molecule has 6 nitrogen and oxygen atoms in total. The van der Waals surface area contributed by atoms with Gasteiger partial charge >= 0.3 is 11.8 Å². The van der Waals surface area contributed by atoms with Gasteiger partial charge in [-0.15, -0.1) is 0 Å². The Morgan fingerprint density at radius 1 is 1.04 bits per heavy atom. The van der Waals surface area contributed by atoms with Crippen molar-refractivity contribution in [3.05, 3.63) is 53.1 Å². The van der Waals surface area contributed by atoms with Gasteiger partial charge in [0.25, 0.3) is 0 Å². The van der Waals surface area contributed by atoms with E-state index in [9.17, 15) is 9.59 Å². The third kappa shape index (κ3) is 4.17. The van der Waals surface area contributed by atoms with Gasteiger partial charge in [-0.2, -0.15) is 0 Å². The molecule has 3 rings (SSSR count). The first-order valence-electron chi connectivity index (χ1n) is 8.74. The molecule has 27 heavy (non-hydrogen) atoms. The molecule has 2 aromatic rings. The third-order valence-electron chi connectivity index (χ3n) is 4.70. The number of hydrogen-bond donors (Lipinski definition) is 1. The highest BCUT2D eigenvalue weighted by atomic mass is 35.5. The minimum absolute atomic E-state index is 0.471. The zero-order valence-electron chi connectivity index (χ0n) is 15.4. The molecule has 0 saturated carbocycles. The number of rotatable bonds is 3. The van der Waals surface area contributed by atoms with Gasteiger partial charge in [0, 0.05) is 36.9 Å². The van der Waals surface area contributed by atoms with Crippen LogP contribution in [0.3, 0.4) is 0 Å². The molecular formula is C20H22ClN3O3. The standard InChI is InChI=1S/C20H22ClN3O3/c1-14-15(21)6-5-7-16(14)22-19(25)20(26)24-12-10-23(11-13-24)17-8-3-4-9-18(17)27-2/h3-9H,10-13H2,1-2H3,(H,22,25). The van der Waals surface area contributed by atoms with Crippen LogP contribution in [0.2, 0.25) is 5.02 Å². The number of carbonyl (C=O) groups excluding carboxylic acids is 2. The summed E-state index contributed by atoms with van der Waals surface area (Å²) in [5.74, 6) is -0.383. The van der Waals surface area contributed by atoms with E-state index in [1.165, 1.54) is 0 Å². The van der Waals surface area contributed by atoms with Crippen LogP contribution in [0, 0.1) is 6.92 Å². The maximum absolute atomic E-state index is 12.5. The number of para-hydroxylation sites is 2. The second-order valence-electron chi connectivity index (χ2n) is 6.32. The highest BCUT2D eigenvalue weighted by Gasteiger charge is 2.27. The maximum Gasteiger partial charge on any atom is 0.313 e. The Labute approximate surface area is 163 Å². The van der Waals surface area contributed by atoms with Crippen molar-refractivity contribution in [2.24, 2.45) is 0 Å². The number of methoxy groups -OCH3 is 1. The summed E-state index contributed by atoms with van der Waals surface area (Å²) in [5, 5.41) is 3.21. The molecular weight excluding hydrogens is 366 g/mol. The van der Waals surface area contributed by atoms with Gasteiger partial charge in [0.2, 0.25) is 0 Å². The van der Waals surface area contributed by atoms with Crippen molar-refractivity contribution in [2.45, 2.75) is 6.92 Å². The van der Waals surface area contributed by atoms with E-state index >= 15 is 0 Å². The summed E-state index contributed by atoms with van der Waals surface area (Å²) in [7, 11) is 1.64. The van der Waals surface area contributed by atoms with Crippen molar-refractivity contribution in [3.63, 3.8) is 0 Å². The summed E-state index contributed by atoms with van der Waals surface area (Å²) in [6, 6.07) is 13.0. The minimum Gasteiger partial charge on any atom is -0.495 e. The van der Waals surface area contributed by atoms with Crippen LogP contribution in [0.4, 0.5) is 11.4 Å². The van der Waals surface area contributed by atoms with E-state index in [0.717, 1.165) is 17.0 Å². The summed E-state index contributed by atoms with van der Waals surface area (Å²) >= 11 is 6.06. The van der Waals surface area contributed by atoms with Crippen molar-refractivity contribution in [2.75, 3.05) is 43.5 Å². The van der Waals surface area contributed by atoms with Gasteiger partial charge in [-0.3, -0.25) is 9.59 Å². The molecule has 7 heteroatoms. The van der Waals surface area contributed by atoms with E-state index in [2.05, 4.69) is 10.2 Å². The number of nitrogens with zero attached hydrogens (tertiary/aromatic N) is 2. The van der Waals surface area contributed by atoms with Crippen molar-refractivity contribution < 1.29 is 14.3 Å². The normalized spacial score (nSPS) is 14.0. The van der Waals surface area contributed by atoms with Gasteiger partial charge in [-0.25, -0.2) is 0 Å². The number of halogens is 1. The number of piperazine rings is 1. The van der Waals surface area contributed by atoms with E-state index in [1.807, 2.05) is 24.3 Å². The predicted molar refractivity (Wildman–Crippen MR) is 107 cm³/mol. The Bertz CT molecular complexity index is 848. The second kappa shape index (κ2) is 8.31. The average molecular weight is 388 g/mol. The number of anilines is 2. The molecule has 1 saturated heterocycles. The topological polar surface area (TPSA) is 61.9 Å². The van der Waals surface area contributed by atoms with E-state index in [-0.39, 0.29) is 0 Å². The Hall–Kier alpha value is -2.73. The van der Waals surface area contributed by atoms with Gasteiger partial charge in [0.1, 0.15) is 5.75 Å². The summed E-state index contributed by atoms with van der Waals surface area (Å²) in [6.07, 6.45) is 0. The van der Waals surface area contributed by atoms with Crippen LogP contribution >= 0.6 is 11.6 Å². The summed E-state index contributed by atoms with van der Waals surface area (Å²) in [5.41, 5.74) is 2.28. The molecule has 2 aromatic carbocycles. The first kappa shape index (κ1) is 19.0. The number of amides is 2. The lowest BCUT2D eigenvalue weighted by atomic mass is 10.2. The molecule has 1 aliphatic heterocycles. The molecule has 0 aromatic heterocycles.